The number of nitrogens with zero attached hydrogens (tertiary/aromatic N) is 2. The Hall–Kier alpha value is -2.08. The Kier molecular flexibility index (Phi) is 4.35. The Morgan fingerprint density at radius 1 is 1.37 bits per heavy atom. The molecule has 1 aromatic carbocycles. The molecular formula is C16H19N3. The lowest BCUT2D eigenvalue weighted by Crippen LogP contribution is -2.16. The van der Waals surface area contributed by atoms with Gasteiger partial charge in [-0.3, -0.25) is 4.98 Å². The van der Waals surface area contributed by atoms with Crippen LogP contribution in [0.25, 0.3) is 10.9 Å². The van der Waals surface area contributed by atoms with Crippen molar-refractivity contribution in [2.45, 2.75) is 39.2 Å². The molecule has 1 N–H and O–H groups in total. The molecule has 0 saturated heterocycles. The van der Waals surface area contributed by atoms with Crippen molar-refractivity contribution in [2.75, 3.05) is 5.32 Å². The zero-order valence-electron chi connectivity index (χ0n) is 11.5. The predicted octanol–water partition coefficient (Wildman–Crippen LogP) is 4.10. The lowest BCUT2D eigenvalue weighted by atomic mass is 10.1. The van der Waals surface area contributed by atoms with Gasteiger partial charge in [0, 0.05) is 17.6 Å². The number of hydrogen-bond donors (Lipinski definition) is 1. The molecule has 2 aromatic rings. The second-order valence-corrected chi connectivity index (χ2v) is 4.86. The highest BCUT2D eigenvalue weighted by Gasteiger charge is 2.10. The number of fused-ring (bicyclic) bond motifs is 1. The van der Waals surface area contributed by atoms with Crippen molar-refractivity contribution in [3.8, 4) is 6.07 Å². The molecule has 0 spiro atoms. The van der Waals surface area contributed by atoms with Crippen molar-refractivity contribution in [1.82, 2.24) is 4.98 Å². The molecule has 0 fully saturated rings. The van der Waals surface area contributed by atoms with E-state index in [1.807, 2.05) is 24.3 Å². The summed E-state index contributed by atoms with van der Waals surface area (Å²) in [7, 11) is 0. The Morgan fingerprint density at radius 3 is 2.89 bits per heavy atom. The molecular weight excluding hydrogens is 234 g/mol. The van der Waals surface area contributed by atoms with Crippen molar-refractivity contribution in [1.29, 1.82) is 5.26 Å². The van der Waals surface area contributed by atoms with E-state index in [1.54, 1.807) is 6.20 Å². The topological polar surface area (TPSA) is 48.7 Å². The summed E-state index contributed by atoms with van der Waals surface area (Å²) in [6, 6.07) is 10.5. The molecule has 0 bridgehead atoms. The lowest BCUT2D eigenvalue weighted by Gasteiger charge is -2.17. The zero-order valence-corrected chi connectivity index (χ0v) is 11.5. The molecule has 2 rings (SSSR count). The van der Waals surface area contributed by atoms with Gasteiger partial charge in [-0.1, -0.05) is 38.0 Å². The maximum Gasteiger partial charge on any atom is 0.103 e. The minimum atomic E-state index is 0.359. The average molecular weight is 253 g/mol. The maximum atomic E-state index is 9.24. The first-order valence-corrected chi connectivity index (χ1v) is 6.80. The van der Waals surface area contributed by atoms with E-state index in [2.05, 4.69) is 30.2 Å². The number of para-hydroxylation sites is 1. The first-order chi connectivity index (χ1) is 9.26. The fourth-order valence-corrected chi connectivity index (χ4v) is 2.21. The van der Waals surface area contributed by atoms with Crippen LogP contribution in [-0.4, -0.2) is 11.0 Å². The third-order valence-electron chi connectivity index (χ3n) is 3.28. The van der Waals surface area contributed by atoms with Crippen LogP contribution in [0.15, 0.2) is 30.5 Å². The van der Waals surface area contributed by atoms with Gasteiger partial charge in [-0.25, -0.2) is 0 Å². The summed E-state index contributed by atoms with van der Waals surface area (Å²) in [6.45, 7) is 4.35. The molecule has 1 atom stereocenters. The Labute approximate surface area is 114 Å². The molecule has 0 aliphatic carbocycles. The number of nitrogens with one attached hydrogen (secondary N) is 1. The molecule has 3 nitrogen and oxygen atoms in total. The van der Waals surface area contributed by atoms with Crippen LogP contribution in [-0.2, 0) is 0 Å². The van der Waals surface area contributed by atoms with Crippen LogP contribution in [0.1, 0.15) is 38.7 Å². The van der Waals surface area contributed by atoms with Gasteiger partial charge < -0.3 is 5.32 Å². The monoisotopic (exact) mass is 253 g/mol. The average Bonchev–Trinajstić information content (AvgIpc) is 2.45. The summed E-state index contributed by atoms with van der Waals surface area (Å²) in [5.74, 6) is 0. The molecule has 0 amide bonds. The first-order valence-electron chi connectivity index (χ1n) is 6.80. The molecule has 98 valence electrons. The third kappa shape index (κ3) is 3.03. The van der Waals surface area contributed by atoms with Gasteiger partial charge in [0.1, 0.15) is 6.07 Å². The van der Waals surface area contributed by atoms with E-state index < -0.39 is 0 Å². The largest absolute Gasteiger partial charge is 0.381 e. The molecule has 19 heavy (non-hydrogen) atoms. The highest BCUT2D eigenvalue weighted by molar-refractivity contribution is 5.93. The fraction of sp³-hybridized carbons (Fsp3) is 0.375. The van der Waals surface area contributed by atoms with Crippen LogP contribution in [0.4, 0.5) is 5.69 Å². The number of aromatic nitrogens is 1. The fourth-order valence-electron chi connectivity index (χ4n) is 2.21. The van der Waals surface area contributed by atoms with Crippen LogP contribution < -0.4 is 5.32 Å². The van der Waals surface area contributed by atoms with Crippen molar-refractivity contribution < 1.29 is 0 Å². The highest BCUT2D eigenvalue weighted by Crippen LogP contribution is 2.26. The standard InChI is InChI=1S/C16H19N3/c1-3-4-7-12(2)19-16-13(10-17)11-18-15-9-6-5-8-14(15)16/h5-6,8-9,11-12H,3-4,7H2,1-2H3,(H,18,19). The minimum Gasteiger partial charge on any atom is -0.381 e. The molecule has 1 heterocycles. The first kappa shape index (κ1) is 13.4. The summed E-state index contributed by atoms with van der Waals surface area (Å²) in [6.07, 6.45) is 5.14. The Balaban J connectivity index is 2.37. The van der Waals surface area contributed by atoms with Gasteiger partial charge >= 0.3 is 0 Å². The Morgan fingerprint density at radius 2 is 2.16 bits per heavy atom. The quantitative estimate of drug-likeness (QED) is 0.872. The second kappa shape index (κ2) is 6.19. The van der Waals surface area contributed by atoms with Crippen molar-refractivity contribution in [2.24, 2.45) is 0 Å². The van der Waals surface area contributed by atoms with Crippen LogP contribution >= 0.6 is 0 Å². The third-order valence-corrected chi connectivity index (χ3v) is 3.28. The van der Waals surface area contributed by atoms with Gasteiger partial charge in [0.2, 0.25) is 0 Å². The van der Waals surface area contributed by atoms with E-state index in [0.29, 0.717) is 11.6 Å². The normalized spacial score (nSPS) is 12.1. The second-order valence-electron chi connectivity index (χ2n) is 4.86. The molecule has 1 aromatic heterocycles. The maximum absolute atomic E-state index is 9.24. The van der Waals surface area contributed by atoms with Crippen LogP contribution in [0.2, 0.25) is 0 Å². The van der Waals surface area contributed by atoms with E-state index in [0.717, 1.165) is 23.0 Å². The molecule has 0 saturated carbocycles. The Bertz CT molecular complexity index is 598. The molecule has 1 unspecified atom stereocenters. The van der Waals surface area contributed by atoms with Crippen LogP contribution in [0, 0.1) is 11.3 Å². The molecule has 0 aliphatic heterocycles. The van der Waals surface area contributed by atoms with Gasteiger partial charge in [-0.15, -0.1) is 0 Å². The number of anilines is 1. The van der Waals surface area contributed by atoms with E-state index in [-0.39, 0.29) is 0 Å². The SMILES string of the molecule is CCCCC(C)Nc1c(C#N)cnc2ccccc12. The van der Waals surface area contributed by atoms with Crippen molar-refractivity contribution >= 4 is 16.6 Å². The summed E-state index contributed by atoms with van der Waals surface area (Å²) in [4.78, 5) is 4.32. The number of unbranched alkanes of at least 4 members (excludes halogenated alkanes) is 1. The number of benzene rings is 1. The van der Waals surface area contributed by atoms with Crippen LogP contribution in [0.3, 0.4) is 0 Å². The van der Waals surface area contributed by atoms with Gasteiger partial charge in [0.15, 0.2) is 0 Å². The van der Waals surface area contributed by atoms with Crippen molar-refractivity contribution in [3.05, 3.63) is 36.0 Å². The minimum absolute atomic E-state index is 0.359. The van der Waals surface area contributed by atoms with Gasteiger partial charge in [0.05, 0.1) is 16.8 Å². The van der Waals surface area contributed by atoms with E-state index >= 15 is 0 Å². The van der Waals surface area contributed by atoms with E-state index in [4.69, 9.17) is 0 Å². The summed E-state index contributed by atoms with van der Waals surface area (Å²) < 4.78 is 0. The number of pyridine rings is 1. The predicted molar refractivity (Wildman–Crippen MR) is 79.1 cm³/mol. The molecule has 0 radical (unpaired) electrons. The van der Waals surface area contributed by atoms with Gasteiger partial charge in [-0.05, 0) is 19.4 Å². The smallest absolute Gasteiger partial charge is 0.103 e. The van der Waals surface area contributed by atoms with E-state index in [9.17, 15) is 5.26 Å². The van der Waals surface area contributed by atoms with Crippen molar-refractivity contribution in [3.63, 3.8) is 0 Å². The number of rotatable bonds is 5. The summed E-state index contributed by atoms with van der Waals surface area (Å²) >= 11 is 0. The zero-order chi connectivity index (χ0) is 13.7. The highest BCUT2D eigenvalue weighted by atomic mass is 14.9. The number of nitriles is 1. The van der Waals surface area contributed by atoms with Gasteiger partial charge in [-0.2, -0.15) is 5.26 Å². The van der Waals surface area contributed by atoms with Crippen LogP contribution in [0.5, 0.6) is 0 Å². The molecule has 3 heteroatoms. The number of hydrogen-bond acceptors (Lipinski definition) is 3. The lowest BCUT2D eigenvalue weighted by molar-refractivity contribution is 0.645. The van der Waals surface area contributed by atoms with Gasteiger partial charge in [0.25, 0.3) is 0 Å². The molecule has 0 aliphatic rings. The summed E-state index contributed by atoms with van der Waals surface area (Å²) in [5.41, 5.74) is 2.45. The summed E-state index contributed by atoms with van der Waals surface area (Å²) in [5, 5.41) is 13.7. The van der Waals surface area contributed by atoms with E-state index in [1.165, 1.54) is 12.8 Å².